The summed E-state index contributed by atoms with van der Waals surface area (Å²) in [6.45, 7) is 7.45. The Morgan fingerprint density at radius 3 is 2.87 bits per heavy atom. The van der Waals surface area contributed by atoms with Crippen molar-refractivity contribution in [1.29, 1.82) is 0 Å². The van der Waals surface area contributed by atoms with Crippen molar-refractivity contribution in [2.45, 2.75) is 32.2 Å². The van der Waals surface area contributed by atoms with Crippen molar-refractivity contribution in [2.24, 2.45) is 0 Å². The van der Waals surface area contributed by atoms with E-state index in [-0.39, 0.29) is 12.0 Å². The molecule has 1 aromatic rings. The van der Waals surface area contributed by atoms with Gasteiger partial charge in [0.1, 0.15) is 6.10 Å². The van der Waals surface area contributed by atoms with E-state index in [0.717, 1.165) is 31.6 Å². The lowest BCUT2D eigenvalue weighted by Crippen LogP contribution is -2.34. The number of hydrogen-bond donors (Lipinski definition) is 2. The minimum atomic E-state index is -0.581. The minimum absolute atomic E-state index is 0.0971. The van der Waals surface area contributed by atoms with Crippen LogP contribution in [0.1, 0.15) is 36.2 Å². The summed E-state index contributed by atoms with van der Waals surface area (Å²) in [5.41, 5.74) is 4.15. The van der Waals surface area contributed by atoms with Gasteiger partial charge < -0.3 is 25.0 Å². The van der Waals surface area contributed by atoms with Gasteiger partial charge in [0.15, 0.2) is 5.79 Å². The highest BCUT2D eigenvalue weighted by Crippen LogP contribution is 2.27. The molecule has 6 nitrogen and oxygen atoms in total. The highest BCUT2D eigenvalue weighted by Gasteiger charge is 2.32. The molecule has 1 aliphatic carbocycles. The Labute approximate surface area is 180 Å². The molecule has 1 saturated heterocycles. The van der Waals surface area contributed by atoms with Gasteiger partial charge in [0.05, 0.1) is 6.61 Å². The van der Waals surface area contributed by atoms with Gasteiger partial charge in [-0.25, -0.2) is 0 Å². The van der Waals surface area contributed by atoms with Crippen LogP contribution in [-0.4, -0.2) is 69.6 Å². The molecule has 1 radical (unpaired) electrons. The number of allylic oxidation sites excluding steroid dienone is 3. The van der Waals surface area contributed by atoms with Crippen molar-refractivity contribution < 1.29 is 14.3 Å². The molecule has 1 atom stereocenters. The van der Waals surface area contributed by atoms with Gasteiger partial charge in [-0.15, -0.1) is 0 Å². The smallest absolute Gasteiger partial charge is 0.251 e. The van der Waals surface area contributed by atoms with Crippen LogP contribution in [0.25, 0.3) is 5.57 Å². The van der Waals surface area contributed by atoms with Crippen LogP contribution in [0.15, 0.2) is 42.0 Å². The summed E-state index contributed by atoms with van der Waals surface area (Å²) in [7, 11) is 4.15. The Kier molecular flexibility index (Phi) is 7.83. The molecular weight excluding hydrogens is 378 g/mol. The number of ether oxygens (including phenoxy) is 2. The van der Waals surface area contributed by atoms with Crippen molar-refractivity contribution in [3.63, 3.8) is 0 Å². The van der Waals surface area contributed by atoms with Gasteiger partial charge in [-0.2, -0.15) is 0 Å². The third-order valence-corrected chi connectivity index (χ3v) is 5.18. The molecule has 30 heavy (non-hydrogen) atoms. The summed E-state index contributed by atoms with van der Waals surface area (Å²) in [6.07, 6.45) is 7.39. The Hall–Kier alpha value is -1.99. The molecule has 163 valence electrons. The van der Waals surface area contributed by atoms with E-state index in [4.69, 9.17) is 9.47 Å². The number of nitrogens with one attached hydrogen (secondary N) is 2. The summed E-state index contributed by atoms with van der Waals surface area (Å²) in [6, 6.07) is 7.81. The van der Waals surface area contributed by atoms with E-state index < -0.39 is 5.79 Å². The lowest BCUT2D eigenvalue weighted by molar-refractivity contribution is -0.137. The maximum atomic E-state index is 12.7. The second-order valence-electron chi connectivity index (χ2n) is 8.50. The molecule has 2 N–H and O–H groups in total. The molecule has 3 rings (SSSR count). The van der Waals surface area contributed by atoms with Crippen molar-refractivity contribution in [3.05, 3.63) is 59.5 Å². The zero-order chi connectivity index (χ0) is 21.6. The van der Waals surface area contributed by atoms with Crippen LogP contribution in [0.2, 0.25) is 0 Å². The highest BCUT2D eigenvalue weighted by atomic mass is 16.7. The second kappa shape index (κ2) is 10.4. The average Bonchev–Trinajstić information content (AvgIpc) is 3.08. The minimum Gasteiger partial charge on any atom is -0.349 e. The molecule has 1 aliphatic heterocycles. The van der Waals surface area contributed by atoms with Gasteiger partial charge >= 0.3 is 0 Å². The number of amides is 1. The number of likely N-dealkylation sites (N-methyl/N-ethyl adjacent to an activating group) is 1. The van der Waals surface area contributed by atoms with E-state index in [1.807, 2.05) is 32.0 Å². The summed E-state index contributed by atoms with van der Waals surface area (Å²) in [5, 5.41) is 6.48. The monoisotopic (exact) mass is 412 g/mol. The van der Waals surface area contributed by atoms with Crippen LogP contribution < -0.4 is 10.6 Å². The molecule has 2 aliphatic rings. The average molecular weight is 413 g/mol. The van der Waals surface area contributed by atoms with E-state index in [1.165, 1.54) is 11.1 Å². The van der Waals surface area contributed by atoms with E-state index in [2.05, 4.69) is 54.3 Å². The number of nitrogens with zero attached hydrogens (tertiary/aromatic N) is 1. The first kappa shape index (κ1) is 22.7. The summed E-state index contributed by atoms with van der Waals surface area (Å²) < 4.78 is 11.3. The first-order valence-corrected chi connectivity index (χ1v) is 10.6. The summed E-state index contributed by atoms with van der Waals surface area (Å²) >= 11 is 0. The predicted octanol–water partition coefficient (Wildman–Crippen LogP) is 2.64. The lowest BCUT2D eigenvalue weighted by Gasteiger charge is -2.19. The molecule has 0 saturated carbocycles. The number of rotatable bonds is 9. The Morgan fingerprint density at radius 2 is 2.13 bits per heavy atom. The van der Waals surface area contributed by atoms with Crippen molar-refractivity contribution >= 4 is 11.5 Å². The van der Waals surface area contributed by atoms with Crippen LogP contribution in [0.5, 0.6) is 0 Å². The second-order valence-corrected chi connectivity index (χ2v) is 8.50. The van der Waals surface area contributed by atoms with Crippen LogP contribution in [0.4, 0.5) is 0 Å². The molecule has 1 aromatic carbocycles. The van der Waals surface area contributed by atoms with E-state index in [1.54, 1.807) is 0 Å². The molecule has 1 unspecified atom stereocenters. The van der Waals surface area contributed by atoms with Crippen molar-refractivity contribution in [2.75, 3.05) is 46.9 Å². The molecule has 0 bridgehead atoms. The van der Waals surface area contributed by atoms with Gasteiger partial charge in [0.25, 0.3) is 5.91 Å². The van der Waals surface area contributed by atoms with E-state index in [0.29, 0.717) is 18.7 Å². The zero-order valence-corrected chi connectivity index (χ0v) is 18.5. The van der Waals surface area contributed by atoms with Crippen LogP contribution >= 0.6 is 0 Å². The van der Waals surface area contributed by atoms with Crippen molar-refractivity contribution in [1.82, 2.24) is 15.5 Å². The van der Waals surface area contributed by atoms with E-state index >= 15 is 0 Å². The third-order valence-electron chi connectivity index (χ3n) is 5.18. The van der Waals surface area contributed by atoms with Gasteiger partial charge in [-0.3, -0.25) is 4.79 Å². The number of hydrogen-bond acceptors (Lipinski definition) is 5. The summed E-state index contributed by atoms with van der Waals surface area (Å²) in [5.74, 6) is -0.678. The van der Waals surface area contributed by atoms with Crippen LogP contribution in [0.3, 0.4) is 0 Å². The first-order chi connectivity index (χ1) is 14.3. The molecule has 6 heteroatoms. The highest BCUT2D eigenvalue weighted by molar-refractivity contribution is 5.95. The topological polar surface area (TPSA) is 62.8 Å². The lowest BCUT2D eigenvalue weighted by atomic mass is 9.91. The molecule has 1 heterocycles. The largest absolute Gasteiger partial charge is 0.349 e. The molecule has 1 amide bonds. The fourth-order valence-corrected chi connectivity index (χ4v) is 3.59. The predicted molar refractivity (Wildman–Crippen MR) is 120 cm³/mol. The van der Waals surface area contributed by atoms with Crippen LogP contribution in [-0.2, 0) is 9.47 Å². The number of carbonyl (C=O) groups excluding carboxylic acids is 1. The first-order valence-electron chi connectivity index (χ1n) is 10.6. The molecule has 0 spiro atoms. The maximum absolute atomic E-state index is 12.7. The van der Waals surface area contributed by atoms with Gasteiger partial charge in [0, 0.05) is 31.7 Å². The Morgan fingerprint density at radius 1 is 1.30 bits per heavy atom. The third kappa shape index (κ3) is 6.51. The van der Waals surface area contributed by atoms with Gasteiger partial charge in [0.2, 0.25) is 0 Å². The molecular formula is C24H34N3O3. The fourth-order valence-electron chi connectivity index (χ4n) is 3.59. The maximum Gasteiger partial charge on any atom is 0.251 e. The van der Waals surface area contributed by atoms with E-state index in [9.17, 15) is 4.79 Å². The van der Waals surface area contributed by atoms with Gasteiger partial charge in [-0.1, -0.05) is 24.3 Å². The fraction of sp³-hybridized carbons (Fsp3) is 0.500. The summed E-state index contributed by atoms with van der Waals surface area (Å²) in [4.78, 5) is 14.9. The SMILES string of the molecule is CN(C)CCNCC1=C(c2cccc(C(=O)NCC3COC(C)(C)O3)c2)C=CC[CH]1. The Balaban J connectivity index is 1.63. The normalized spacial score (nSPS) is 20.8. The number of carbonyl (C=O) groups is 1. The molecule has 1 fully saturated rings. The van der Waals surface area contributed by atoms with Crippen molar-refractivity contribution in [3.8, 4) is 0 Å². The zero-order valence-electron chi connectivity index (χ0n) is 18.5. The quantitative estimate of drug-likeness (QED) is 0.611. The number of benzene rings is 1. The van der Waals surface area contributed by atoms with Gasteiger partial charge in [-0.05, 0) is 69.6 Å². The standard InChI is InChI=1S/C24H34N3O3/c1-24(2)29-17-21(30-24)16-26-23(28)19-10-7-9-18(14-19)22-11-6-5-8-20(22)15-25-12-13-27(3)4/h6-11,14,21,25H,5,12-13,15-17H2,1-4H3,(H,26,28). The Bertz CT molecular complexity index is 799. The van der Waals surface area contributed by atoms with Crippen LogP contribution in [0, 0.1) is 6.42 Å². The molecule has 0 aromatic heterocycles.